The van der Waals surface area contributed by atoms with Gasteiger partial charge in [-0.2, -0.15) is 0 Å². The van der Waals surface area contributed by atoms with Gasteiger partial charge in [-0.15, -0.1) is 11.3 Å². The first kappa shape index (κ1) is 12.2. The molecular formula is C12H18O2S. The normalized spacial score (nSPS) is 11.6. The van der Waals surface area contributed by atoms with E-state index < -0.39 is 11.4 Å². The number of carboxylic acids is 1. The highest BCUT2D eigenvalue weighted by atomic mass is 32.1. The fraction of sp³-hybridized carbons (Fsp3) is 0.583. The average Bonchev–Trinajstić information content (AvgIpc) is 2.70. The maximum atomic E-state index is 11.5. The molecule has 0 aromatic carbocycles. The third kappa shape index (κ3) is 2.40. The highest BCUT2D eigenvalue weighted by molar-refractivity contribution is 7.10. The van der Waals surface area contributed by atoms with Crippen molar-refractivity contribution >= 4 is 17.3 Å². The van der Waals surface area contributed by atoms with Crippen LogP contribution in [0, 0.1) is 0 Å². The van der Waals surface area contributed by atoms with Crippen molar-refractivity contribution in [3.05, 3.63) is 22.4 Å². The van der Waals surface area contributed by atoms with Crippen molar-refractivity contribution in [2.24, 2.45) is 0 Å². The summed E-state index contributed by atoms with van der Waals surface area (Å²) in [5, 5.41) is 11.4. The molecule has 0 fully saturated rings. The van der Waals surface area contributed by atoms with Crippen LogP contribution in [0.3, 0.4) is 0 Å². The Kier molecular flexibility index (Phi) is 4.33. The largest absolute Gasteiger partial charge is 0.481 e. The van der Waals surface area contributed by atoms with Gasteiger partial charge in [0.05, 0.1) is 0 Å². The first-order chi connectivity index (χ1) is 7.17. The number of carbonyl (C=O) groups is 1. The van der Waals surface area contributed by atoms with E-state index in [-0.39, 0.29) is 0 Å². The Morgan fingerprint density at radius 3 is 2.33 bits per heavy atom. The van der Waals surface area contributed by atoms with Gasteiger partial charge in [0.15, 0.2) is 0 Å². The number of carboxylic acid groups (broad SMARTS) is 1. The molecule has 15 heavy (non-hydrogen) atoms. The molecule has 1 rings (SSSR count). The lowest BCUT2D eigenvalue weighted by molar-refractivity contribution is -0.144. The van der Waals surface area contributed by atoms with Crippen LogP contribution in [0.2, 0.25) is 0 Å². The Morgan fingerprint density at radius 2 is 2.00 bits per heavy atom. The number of rotatable bonds is 6. The molecule has 0 bridgehead atoms. The summed E-state index contributed by atoms with van der Waals surface area (Å²) in [5.74, 6) is -0.673. The first-order valence-electron chi connectivity index (χ1n) is 5.44. The smallest absolute Gasteiger partial charge is 0.314 e. The Balaban J connectivity index is 3.07. The van der Waals surface area contributed by atoms with Gasteiger partial charge in [-0.3, -0.25) is 4.79 Å². The molecular weight excluding hydrogens is 208 g/mol. The SMILES string of the molecule is CCCC(CCC)(C(=O)O)c1cccs1. The highest BCUT2D eigenvalue weighted by Gasteiger charge is 2.39. The van der Waals surface area contributed by atoms with E-state index in [1.807, 2.05) is 31.4 Å². The molecule has 0 aliphatic rings. The molecule has 3 heteroatoms. The second kappa shape index (κ2) is 5.31. The molecule has 1 aromatic rings. The molecule has 0 spiro atoms. The van der Waals surface area contributed by atoms with Gasteiger partial charge < -0.3 is 5.11 Å². The third-order valence-electron chi connectivity index (χ3n) is 2.76. The molecule has 0 saturated carbocycles. The summed E-state index contributed by atoms with van der Waals surface area (Å²) in [4.78, 5) is 12.5. The fourth-order valence-corrected chi connectivity index (χ4v) is 3.07. The van der Waals surface area contributed by atoms with Crippen LogP contribution in [0.15, 0.2) is 17.5 Å². The Bertz CT molecular complexity index is 297. The van der Waals surface area contributed by atoms with Gasteiger partial charge >= 0.3 is 5.97 Å². The summed E-state index contributed by atoms with van der Waals surface area (Å²) >= 11 is 1.56. The van der Waals surface area contributed by atoms with E-state index >= 15 is 0 Å². The van der Waals surface area contributed by atoms with Crippen molar-refractivity contribution in [2.45, 2.75) is 44.9 Å². The lowest BCUT2D eigenvalue weighted by Gasteiger charge is -2.27. The van der Waals surface area contributed by atoms with Crippen molar-refractivity contribution < 1.29 is 9.90 Å². The van der Waals surface area contributed by atoms with Gasteiger partial charge in [-0.1, -0.05) is 32.8 Å². The summed E-state index contributed by atoms with van der Waals surface area (Å²) in [6.07, 6.45) is 3.28. The lowest BCUT2D eigenvalue weighted by Crippen LogP contribution is -2.34. The summed E-state index contributed by atoms with van der Waals surface area (Å²) in [6, 6.07) is 3.88. The molecule has 2 nitrogen and oxygen atoms in total. The summed E-state index contributed by atoms with van der Waals surface area (Å²) in [6.45, 7) is 4.09. The molecule has 84 valence electrons. The van der Waals surface area contributed by atoms with Crippen LogP contribution in [-0.4, -0.2) is 11.1 Å². The molecule has 1 N–H and O–H groups in total. The minimum absolute atomic E-state index is 0.641. The van der Waals surface area contributed by atoms with Crippen molar-refractivity contribution in [1.29, 1.82) is 0 Å². The number of hydrogen-bond acceptors (Lipinski definition) is 2. The van der Waals surface area contributed by atoms with E-state index in [2.05, 4.69) is 0 Å². The zero-order valence-electron chi connectivity index (χ0n) is 9.32. The number of thiophene rings is 1. The van der Waals surface area contributed by atoms with Gasteiger partial charge in [0, 0.05) is 4.88 Å². The van der Waals surface area contributed by atoms with Crippen LogP contribution < -0.4 is 0 Å². The minimum Gasteiger partial charge on any atom is -0.481 e. The summed E-state index contributed by atoms with van der Waals surface area (Å²) in [7, 11) is 0. The van der Waals surface area contributed by atoms with Gasteiger partial charge in [0.25, 0.3) is 0 Å². The Morgan fingerprint density at radius 1 is 1.40 bits per heavy atom. The number of aliphatic carboxylic acids is 1. The standard InChI is InChI=1S/C12H18O2S/c1-3-7-12(8-4-2,11(13)14)10-6-5-9-15-10/h5-6,9H,3-4,7-8H2,1-2H3,(H,13,14). The zero-order chi connectivity index (χ0) is 11.3. The van der Waals surface area contributed by atoms with Crippen LogP contribution in [0.4, 0.5) is 0 Å². The van der Waals surface area contributed by atoms with E-state index in [4.69, 9.17) is 0 Å². The molecule has 1 aromatic heterocycles. The third-order valence-corrected chi connectivity index (χ3v) is 3.83. The second-order valence-electron chi connectivity index (χ2n) is 3.86. The van der Waals surface area contributed by atoms with E-state index in [0.717, 1.165) is 30.6 Å². The molecule has 0 saturated heterocycles. The van der Waals surface area contributed by atoms with E-state index in [1.54, 1.807) is 11.3 Å². The van der Waals surface area contributed by atoms with Crippen molar-refractivity contribution in [1.82, 2.24) is 0 Å². The topological polar surface area (TPSA) is 37.3 Å². The van der Waals surface area contributed by atoms with Gasteiger partial charge in [-0.25, -0.2) is 0 Å². The number of hydrogen-bond donors (Lipinski definition) is 1. The average molecular weight is 226 g/mol. The van der Waals surface area contributed by atoms with Crippen LogP contribution >= 0.6 is 11.3 Å². The van der Waals surface area contributed by atoms with Gasteiger partial charge in [0.2, 0.25) is 0 Å². The van der Waals surface area contributed by atoms with Crippen LogP contribution in [0.25, 0.3) is 0 Å². The van der Waals surface area contributed by atoms with E-state index in [0.29, 0.717) is 0 Å². The van der Waals surface area contributed by atoms with Crippen LogP contribution in [0.1, 0.15) is 44.4 Å². The Labute approximate surface area is 94.9 Å². The fourth-order valence-electron chi connectivity index (χ4n) is 2.10. The monoisotopic (exact) mass is 226 g/mol. The van der Waals surface area contributed by atoms with Gasteiger partial charge in [-0.05, 0) is 24.3 Å². The van der Waals surface area contributed by atoms with E-state index in [1.165, 1.54) is 0 Å². The molecule has 0 radical (unpaired) electrons. The maximum absolute atomic E-state index is 11.5. The Hall–Kier alpha value is -0.830. The zero-order valence-corrected chi connectivity index (χ0v) is 10.1. The highest BCUT2D eigenvalue weighted by Crippen LogP contribution is 2.37. The predicted octanol–water partition coefficient (Wildman–Crippen LogP) is 3.67. The molecule has 1 heterocycles. The molecule has 0 aliphatic heterocycles. The molecule has 0 aliphatic carbocycles. The second-order valence-corrected chi connectivity index (χ2v) is 4.81. The lowest BCUT2D eigenvalue weighted by atomic mass is 9.78. The quantitative estimate of drug-likeness (QED) is 0.803. The first-order valence-corrected chi connectivity index (χ1v) is 6.32. The van der Waals surface area contributed by atoms with Crippen molar-refractivity contribution in [3.8, 4) is 0 Å². The van der Waals surface area contributed by atoms with Crippen LogP contribution in [0.5, 0.6) is 0 Å². The molecule has 0 atom stereocenters. The predicted molar refractivity (Wildman–Crippen MR) is 63.4 cm³/mol. The van der Waals surface area contributed by atoms with Gasteiger partial charge in [0.1, 0.15) is 5.41 Å². The summed E-state index contributed by atoms with van der Waals surface area (Å²) < 4.78 is 0. The molecule has 0 amide bonds. The van der Waals surface area contributed by atoms with Crippen molar-refractivity contribution in [2.75, 3.05) is 0 Å². The van der Waals surface area contributed by atoms with E-state index in [9.17, 15) is 9.90 Å². The van der Waals surface area contributed by atoms with Crippen molar-refractivity contribution in [3.63, 3.8) is 0 Å². The van der Waals surface area contributed by atoms with Crippen LogP contribution in [-0.2, 0) is 10.2 Å². The summed E-state index contributed by atoms with van der Waals surface area (Å²) in [5.41, 5.74) is -0.641. The minimum atomic E-state index is -0.673. The molecule has 0 unspecified atom stereocenters. The maximum Gasteiger partial charge on any atom is 0.314 e.